The van der Waals surface area contributed by atoms with E-state index in [1.54, 1.807) is 13.2 Å². The van der Waals surface area contributed by atoms with Crippen molar-refractivity contribution in [1.29, 1.82) is 0 Å². The number of carbonyl (C=O) groups excluding carboxylic acids is 1. The lowest BCUT2D eigenvalue weighted by Crippen LogP contribution is -2.30. The average Bonchev–Trinajstić information content (AvgIpc) is 2.88. The van der Waals surface area contributed by atoms with Crippen molar-refractivity contribution in [2.24, 2.45) is 0 Å². The molecular weight excluding hydrogens is 228 g/mol. The predicted octanol–water partition coefficient (Wildman–Crippen LogP) is 0.708. The fraction of sp³-hybridized carbons (Fsp3) is 0.231. The lowest BCUT2D eigenvalue weighted by Gasteiger charge is -2.01. The monoisotopic (exact) mass is 244 g/mol. The van der Waals surface area contributed by atoms with Gasteiger partial charge in [-0.3, -0.25) is 4.79 Å². The molecule has 2 aromatic rings. The van der Waals surface area contributed by atoms with Gasteiger partial charge in [-0.15, -0.1) is 0 Å². The van der Waals surface area contributed by atoms with Crippen LogP contribution in [-0.2, 0) is 11.3 Å². The minimum absolute atomic E-state index is 0.0227. The number of hydrogen-bond acceptors (Lipinski definition) is 3. The number of likely N-dealkylation sites (N-methyl/N-ethyl adjacent to an activating group) is 1. The molecule has 0 saturated heterocycles. The highest BCUT2D eigenvalue weighted by atomic mass is 16.1. The van der Waals surface area contributed by atoms with Crippen molar-refractivity contribution in [2.45, 2.75) is 6.54 Å². The highest BCUT2D eigenvalue weighted by molar-refractivity contribution is 5.77. The molecule has 0 spiro atoms. The summed E-state index contributed by atoms with van der Waals surface area (Å²) in [7, 11) is 1.62. The molecule has 0 fully saturated rings. The summed E-state index contributed by atoms with van der Waals surface area (Å²) in [5, 5.41) is 9.89. The Morgan fingerprint density at radius 1 is 1.33 bits per heavy atom. The molecule has 1 amide bonds. The molecule has 0 unspecified atom stereocenters. The number of nitrogens with zero attached hydrogens (tertiary/aromatic N) is 2. The summed E-state index contributed by atoms with van der Waals surface area (Å²) in [6.07, 6.45) is 3.75. The van der Waals surface area contributed by atoms with Crippen LogP contribution in [0.15, 0.2) is 42.7 Å². The largest absolute Gasteiger partial charge is 0.358 e. The smallest absolute Gasteiger partial charge is 0.233 e. The number of para-hydroxylation sites is 1. The second-order valence-electron chi connectivity index (χ2n) is 3.91. The first kappa shape index (κ1) is 12.3. The lowest BCUT2D eigenvalue weighted by molar-refractivity contribution is -0.119. The maximum absolute atomic E-state index is 11.0. The Bertz CT molecular complexity index is 507. The third-order valence-corrected chi connectivity index (χ3v) is 2.55. The molecule has 18 heavy (non-hydrogen) atoms. The molecule has 0 aliphatic heterocycles. The van der Waals surface area contributed by atoms with E-state index in [0.29, 0.717) is 13.1 Å². The predicted molar refractivity (Wildman–Crippen MR) is 69.3 cm³/mol. The first-order valence-electron chi connectivity index (χ1n) is 5.80. The van der Waals surface area contributed by atoms with E-state index in [1.165, 1.54) is 0 Å². The van der Waals surface area contributed by atoms with Crippen LogP contribution in [0.25, 0.3) is 5.69 Å². The fourth-order valence-corrected chi connectivity index (χ4v) is 1.58. The quantitative estimate of drug-likeness (QED) is 0.814. The van der Waals surface area contributed by atoms with E-state index < -0.39 is 0 Å². The maximum Gasteiger partial charge on any atom is 0.233 e. The standard InChI is InChI=1S/C13H16N4O/c1-14-13(18)9-15-7-11-8-16-17(10-11)12-5-3-2-4-6-12/h2-6,8,10,15H,7,9H2,1H3,(H,14,18). The van der Waals surface area contributed by atoms with Gasteiger partial charge in [0.15, 0.2) is 0 Å². The summed E-state index contributed by atoms with van der Waals surface area (Å²) < 4.78 is 1.82. The second-order valence-corrected chi connectivity index (χ2v) is 3.91. The third-order valence-electron chi connectivity index (χ3n) is 2.55. The molecule has 1 aromatic carbocycles. The van der Waals surface area contributed by atoms with Gasteiger partial charge in [0.05, 0.1) is 18.4 Å². The van der Waals surface area contributed by atoms with Crippen molar-refractivity contribution in [2.75, 3.05) is 13.6 Å². The number of benzene rings is 1. The van der Waals surface area contributed by atoms with Crippen LogP contribution in [0, 0.1) is 0 Å². The third kappa shape index (κ3) is 3.18. The zero-order valence-corrected chi connectivity index (χ0v) is 10.3. The van der Waals surface area contributed by atoms with Crippen LogP contribution in [0.5, 0.6) is 0 Å². The Morgan fingerprint density at radius 3 is 2.83 bits per heavy atom. The molecule has 1 heterocycles. The van der Waals surface area contributed by atoms with E-state index in [9.17, 15) is 4.79 Å². The van der Waals surface area contributed by atoms with E-state index in [1.807, 2.05) is 41.2 Å². The fourth-order valence-electron chi connectivity index (χ4n) is 1.58. The van der Waals surface area contributed by atoms with Crippen molar-refractivity contribution >= 4 is 5.91 Å². The molecule has 5 nitrogen and oxygen atoms in total. The zero-order valence-electron chi connectivity index (χ0n) is 10.3. The Labute approximate surface area is 106 Å². The molecule has 5 heteroatoms. The van der Waals surface area contributed by atoms with Gasteiger partial charge >= 0.3 is 0 Å². The number of aromatic nitrogens is 2. The zero-order chi connectivity index (χ0) is 12.8. The van der Waals surface area contributed by atoms with Gasteiger partial charge in [-0.25, -0.2) is 4.68 Å². The van der Waals surface area contributed by atoms with Crippen molar-refractivity contribution in [1.82, 2.24) is 20.4 Å². The van der Waals surface area contributed by atoms with Gasteiger partial charge in [-0.1, -0.05) is 18.2 Å². The number of amides is 1. The first-order valence-corrected chi connectivity index (χ1v) is 5.80. The summed E-state index contributed by atoms with van der Waals surface area (Å²) in [6.45, 7) is 0.938. The normalized spacial score (nSPS) is 10.3. The molecule has 0 bridgehead atoms. The van der Waals surface area contributed by atoms with Gasteiger partial charge in [0.25, 0.3) is 0 Å². The van der Waals surface area contributed by atoms with Gasteiger partial charge in [-0.2, -0.15) is 5.10 Å². The van der Waals surface area contributed by atoms with E-state index >= 15 is 0 Å². The molecule has 0 atom stereocenters. The van der Waals surface area contributed by atoms with Crippen LogP contribution in [0.2, 0.25) is 0 Å². The van der Waals surface area contributed by atoms with Crippen molar-refractivity contribution in [3.63, 3.8) is 0 Å². The average molecular weight is 244 g/mol. The Balaban J connectivity index is 1.93. The van der Waals surface area contributed by atoms with Crippen LogP contribution in [0.4, 0.5) is 0 Å². The topological polar surface area (TPSA) is 59.0 Å². The van der Waals surface area contributed by atoms with Crippen LogP contribution in [0.1, 0.15) is 5.56 Å². The molecule has 0 aliphatic rings. The summed E-state index contributed by atoms with van der Waals surface area (Å²) in [4.78, 5) is 11.0. The molecule has 94 valence electrons. The Morgan fingerprint density at radius 2 is 2.11 bits per heavy atom. The molecular formula is C13H16N4O. The Kier molecular flexibility index (Phi) is 4.09. The van der Waals surface area contributed by atoms with Crippen LogP contribution >= 0.6 is 0 Å². The molecule has 0 aliphatic carbocycles. The molecule has 2 rings (SSSR count). The van der Waals surface area contributed by atoms with Crippen molar-refractivity contribution in [3.8, 4) is 5.69 Å². The number of rotatable bonds is 5. The Hall–Kier alpha value is -2.14. The van der Waals surface area contributed by atoms with E-state index in [-0.39, 0.29) is 5.91 Å². The van der Waals surface area contributed by atoms with Gasteiger partial charge in [-0.05, 0) is 12.1 Å². The SMILES string of the molecule is CNC(=O)CNCc1cnn(-c2ccccc2)c1. The molecule has 0 saturated carbocycles. The highest BCUT2D eigenvalue weighted by Crippen LogP contribution is 2.07. The van der Waals surface area contributed by atoms with Crippen LogP contribution in [-0.4, -0.2) is 29.3 Å². The van der Waals surface area contributed by atoms with Crippen LogP contribution in [0.3, 0.4) is 0 Å². The van der Waals surface area contributed by atoms with E-state index in [4.69, 9.17) is 0 Å². The summed E-state index contributed by atoms with van der Waals surface area (Å²) >= 11 is 0. The minimum Gasteiger partial charge on any atom is -0.358 e. The van der Waals surface area contributed by atoms with Gasteiger partial charge in [0, 0.05) is 25.4 Å². The molecule has 1 aromatic heterocycles. The summed E-state index contributed by atoms with van der Waals surface area (Å²) in [6, 6.07) is 9.91. The van der Waals surface area contributed by atoms with Gasteiger partial charge < -0.3 is 10.6 Å². The van der Waals surface area contributed by atoms with Gasteiger partial charge in [0.2, 0.25) is 5.91 Å². The maximum atomic E-state index is 11.0. The first-order chi connectivity index (χ1) is 8.79. The van der Waals surface area contributed by atoms with Crippen LogP contribution < -0.4 is 10.6 Å². The second kappa shape index (κ2) is 5.97. The molecule has 2 N–H and O–H groups in total. The number of carbonyl (C=O) groups is 1. The summed E-state index contributed by atoms with van der Waals surface area (Å²) in [5.74, 6) is -0.0227. The van der Waals surface area contributed by atoms with E-state index in [0.717, 1.165) is 11.3 Å². The van der Waals surface area contributed by atoms with Crippen molar-refractivity contribution < 1.29 is 4.79 Å². The van der Waals surface area contributed by atoms with Gasteiger partial charge in [0.1, 0.15) is 0 Å². The number of nitrogens with one attached hydrogen (secondary N) is 2. The van der Waals surface area contributed by atoms with E-state index in [2.05, 4.69) is 15.7 Å². The minimum atomic E-state index is -0.0227. The highest BCUT2D eigenvalue weighted by Gasteiger charge is 2.01. The lowest BCUT2D eigenvalue weighted by atomic mass is 10.3. The van der Waals surface area contributed by atoms with Crippen molar-refractivity contribution in [3.05, 3.63) is 48.3 Å². The number of hydrogen-bond donors (Lipinski definition) is 2. The summed E-state index contributed by atoms with van der Waals surface area (Å²) in [5.41, 5.74) is 2.07. The molecule has 0 radical (unpaired) electrons.